The van der Waals surface area contributed by atoms with Crippen LogP contribution in [0.4, 0.5) is 5.69 Å². The van der Waals surface area contributed by atoms with Crippen LogP contribution in [0, 0.1) is 5.41 Å². The van der Waals surface area contributed by atoms with Gasteiger partial charge in [-0.3, -0.25) is 9.69 Å². The lowest BCUT2D eigenvalue weighted by molar-refractivity contribution is -0.138. The fourth-order valence-electron chi connectivity index (χ4n) is 4.45. The van der Waals surface area contributed by atoms with Crippen LogP contribution in [0.1, 0.15) is 42.5 Å². The van der Waals surface area contributed by atoms with Crippen molar-refractivity contribution in [2.45, 2.75) is 46.7 Å². The van der Waals surface area contributed by atoms with Crippen LogP contribution in [0.5, 0.6) is 0 Å². The van der Waals surface area contributed by atoms with Gasteiger partial charge in [0.05, 0.1) is 18.8 Å². The average Bonchev–Trinajstić information content (AvgIpc) is 3.33. The van der Waals surface area contributed by atoms with Crippen molar-refractivity contribution in [1.82, 2.24) is 9.88 Å². The van der Waals surface area contributed by atoms with Crippen molar-refractivity contribution in [2.24, 2.45) is 5.41 Å². The SMILES string of the molecule is CC(C)(C)Cc1ccc(CCNc2ccc(-c3csc(CN(CC(=O)O)Cc4ccccc4)n3)cc2)cc1. The molecule has 0 aliphatic carbocycles. The van der Waals surface area contributed by atoms with Crippen molar-refractivity contribution >= 4 is 23.0 Å². The van der Waals surface area contributed by atoms with E-state index in [4.69, 9.17) is 4.98 Å². The van der Waals surface area contributed by atoms with Gasteiger partial charge in [-0.15, -0.1) is 11.3 Å². The van der Waals surface area contributed by atoms with E-state index < -0.39 is 5.97 Å². The first-order valence-corrected chi connectivity index (χ1v) is 14.0. The monoisotopic (exact) mass is 527 g/mol. The molecule has 0 unspecified atom stereocenters. The van der Waals surface area contributed by atoms with Gasteiger partial charge in [-0.2, -0.15) is 0 Å². The van der Waals surface area contributed by atoms with E-state index in [0.29, 0.717) is 18.5 Å². The van der Waals surface area contributed by atoms with Gasteiger partial charge in [-0.1, -0.05) is 87.5 Å². The van der Waals surface area contributed by atoms with Crippen LogP contribution in [-0.4, -0.2) is 34.0 Å². The highest BCUT2D eigenvalue weighted by Gasteiger charge is 2.14. The summed E-state index contributed by atoms with van der Waals surface area (Å²) in [5.41, 5.74) is 7.18. The van der Waals surface area contributed by atoms with Crippen LogP contribution in [0.25, 0.3) is 11.3 Å². The zero-order chi connectivity index (χ0) is 27.0. The molecular formula is C32H37N3O2S. The second-order valence-electron chi connectivity index (χ2n) is 11.0. The number of anilines is 1. The molecule has 38 heavy (non-hydrogen) atoms. The topological polar surface area (TPSA) is 65.5 Å². The first-order chi connectivity index (χ1) is 18.2. The fraction of sp³-hybridized carbons (Fsp3) is 0.312. The van der Waals surface area contributed by atoms with E-state index in [9.17, 15) is 9.90 Å². The van der Waals surface area contributed by atoms with Crippen molar-refractivity contribution in [1.29, 1.82) is 0 Å². The molecule has 0 radical (unpaired) electrons. The van der Waals surface area contributed by atoms with Crippen LogP contribution in [-0.2, 0) is 30.7 Å². The first kappa shape index (κ1) is 27.6. The van der Waals surface area contributed by atoms with Crippen molar-refractivity contribution in [3.05, 3.63) is 106 Å². The number of hydrogen-bond acceptors (Lipinski definition) is 5. The molecule has 0 bridgehead atoms. The van der Waals surface area contributed by atoms with Crippen molar-refractivity contribution in [3.63, 3.8) is 0 Å². The Hall–Kier alpha value is -3.48. The lowest BCUT2D eigenvalue weighted by Crippen LogP contribution is -2.28. The molecule has 3 aromatic carbocycles. The molecule has 0 saturated carbocycles. The zero-order valence-electron chi connectivity index (χ0n) is 22.5. The normalized spacial score (nSPS) is 11.6. The van der Waals surface area contributed by atoms with Gasteiger partial charge in [0, 0.05) is 29.7 Å². The van der Waals surface area contributed by atoms with Gasteiger partial charge in [0.15, 0.2) is 0 Å². The number of carboxylic acids is 1. The number of carboxylic acid groups (broad SMARTS) is 1. The maximum atomic E-state index is 11.4. The largest absolute Gasteiger partial charge is 0.480 e. The quantitative estimate of drug-likeness (QED) is 0.205. The van der Waals surface area contributed by atoms with E-state index in [-0.39, 0.29) is 6.54 Å². The molecule has 4 rings (SSSR count). The van der Waals surface area contributed by atoms with Crippen LogP contribution in [0.15, 0.2) is 84.2 Å². The Morgan fingerprint density at radius 1 is 0.895 bits per heavy atom. The molecule has 1 aromatic heterocycles. The lowest BCUT2D eigenvalue weighted by atomic mass is 9.88. The highest BCUT2D eigenvalue weighted by Crippen LogP contribution is 2.25. The minimum atomic E-state index is -0.835. The van der Waals surface area contributed by atoms with Gasteiger partial charge in [0.25, 0.3) is 0 Å². The van der Waals surface area contributed by atoms with Crippen molar-refractivity contribution in [3.8, 4) is 11.3 Å². The number of aromatic nitrogens is 1. The highest BCUT2D eigenvalue weighted by atomic mass is 32.1. The third-order valence-corrected chi connectivity index (χ3v) is 7.03. The number of benzene rings is 3. The molecule has 0 spiro atoms. The zero-order valence-corrected chi connectivity index (χ0v) is 23.3. The maximum Gasteiger partial charge on any atom is 0.317 e. The van der Waals surface area contributed by atoms with Crippen LogP contribution >= 0.6 is 11.3 Å². The molecule has 0 aliphatic heterocycles. The summed E-state index contributed by atoms with van der Waals surface area (Å²) in [5, 5.41) is 15.8. The predicted octanol–water partition coefficient (Wildman–Crippen LogP) is 7.14. The molecule has 0 aliphatic rings. The molecule has 4 aromatic rings. The van der Waals surface area contributed by atoms with Crippen LogP contribution in [0.3, 0.4) is 0 Å². The van der Waals surface area contributed by atoms with Crippen LogP contribution < -0.4 is 5.32 Å². The summed E-state index contributed by atoms with van der Waals surface area (Å²) < 4.78 is 0. The molecule has 1 heterocycles. The molecule has 198 valence electrons. The van der Waals surface area contributed by atoms with Crippen LogP contribution in [0.2, 0.25) is 0 Å². The van der Waals surface area contributed by atoms with Gasteiger partial charge in [0.1, 0.15) is 5.01 Å². The van der Waals surface area contributed by atoms with Gasteiger partial charge in [-0.05, 0) is 47.1 Å². The summed E-state index contributed by atoms with van der Waals surface area (Å²) in [5.74, 6) is -0.835. The third-order valence-electron chi connectivity index (χ3n) is 6.20. The standard InChI is InChI=1S/C32H37N3O2S/c1-32(2,3)19-25-11-9-24(10-12-25)17-18-33-28-15-13-27(14-16-28)29-23-38-30(34-29)21-35(22-31(36)37)20-26-7-5-4-6-8-26/h4-16,23,33H,17-22H2,1-3H3,(H,36,37). The Labute approximate surface area is 230 Å². The number of rotatable bonds is 12. The molecule has 0 amide bonds. The molecular weight excluding hydrogens is 490 g/mol. The number of thiazole rings is 1. The number of nitrogens with zero attached hydrogens (tertiary/aromatic N) is 2. The summed E-state index contributed by atoms with van der Waals surface area (Å²) in [6, 6.07) is 27.3. The molecule has 0 saturated heterocycles. The van der Waals surface area contributed by atoms with E-state index in [1.165, 1.54) is 11.1 Å². The van der Waals surface area contributed by atoms with E-state index in [1.54, 1.807) is 11.3 Å². The van der Waals surface area contributed by atoms with Gasteiger partial charge >= 0.3 is 5.97 Å². The van der Waals surface area contributed by atoms with Gasteiger partial charge < -0.3 is 10.4 Å². The first-order valence-electron chi connectivity index (χ1n) is 13.1. The number of carbonyl (C=O) groups is 1. The molecule has 6 heteroatoms. The third kappa shape index (κ3) is 8.82. The molecule has 0 atom stereocenters. The van der Waals surface area contributed by atoms with Crippen molar-refractivity contribution < 1.29 is 9.90 Å². The van der Waals surface area contributed by atoms with Gasteiger partial charge in [0.2, 0.25) is 0 Å². The number of hydrogen-bond donors (Lipinski definition) is 2. The summed E-state index contributed by atoms with van der Waals surface area (Å²) >= 11 is 1.57. The predicted molar refractivity (Wildman–Crippen MR) is 158 cm³/mol. The number of aliphatic carboxylic acids is 1. The summed E-state index contributed by atoms with van der Waals surface area (Å²) in [6.07, 6.45) is 2.06. The maximum absolute atomic E-state index is 11.4. The number of nitrogens with one attached hydrogen (secondary N) is 1. The summed E-state index contributed by atoms with van der Waals surface area (Å²) in [4.78, 5) is 18.1. The second-order valence-corrected chi connectivity index (χ2v) is 11.9. The Kier molecular flexibility index (Phi) is 9.32. The summed E-state index contributed by atoms with van der Waals surface area (Å²) in [6.45, 7) is 8.74. The molecule has 0 fully saturated rings. The average molecular weight is 528 g/mol. The molecule has 5 nitrogen and oxygen atoms in total. The smallest absolute Gasteiger partial charge is 0.317 e. The summed E-state index contributed by atoms with van der Waals surface area (Å²) in [7, 11) is 0. The van der Waals surface area contributed by atoms with E-state index >= 15 is 0 Å². The van der Waals surface area contributed by atoms with Crippen molar-refractivity contribution in [2.75, 3.05) is 18.4 Å². The van der Waals surface area contributed by atoms with E-state index in [0.717, 1.165) is 46.9 Å². The minimum absolute atomic E-state index is 0.0226. The Balaban J connectivity index is 1.29. The second kappa shape index (κ2) is 12.9. The van der Waals surface area contributed by atoms with E-state index in [2.05, 4.69) is 74.6 Å². The lowest BCUT2D eigenvalue weighted by Gasteiger charge is -2.19. The highest BCUT2D eigenvalue weighted by molar-refractivity contribution is 7.09. The Morgan fingerprint density at radius 3 is 2.24 bits per heavy atom. The Bertz CT molecular complexity index is 1290. The molecule has 2 N–H and O–H groups in total. The Morgan fingerprint density at radius 2 is 1.58 bits per heavy atom. The fourth-order valence-corrected chi connectivity index (χ4v) is 5.30. The van der Waals surface area contributed by atoms with E-state index in [1.807, 2.05) is 40.6 Å². The van der Waals surface area contributed by atoms with Gasteiger partial charge in [-0.25, -0.2) is 4.98 Å². The minimum Gasteiger partial charge on any atom is -0.480 e.